The van der Waals surface area contributed by atoms with Crippen LogP contribution in [-0.4, -0.2) is 68.7 Å². The van der Waals surface area contributed by atoms with E-state index in [2.05, 4.69) is 15.2 Å². The van der Waals surface area contributed by atoms with Crippen LogP contribution in [0.15, 0.2) is 48.7 Å². The molecule has 1 amide bonds. The molecule has 0 saturated carbocycles. The van der Waals surface area contributed by atoms with Gasteiger partial charge in [0.15, 0.2) is 0 Å². The average Bonchev–Trinajstić information content (AvgIpc) is 2.75. The van der Waals surface area contributed by atoms with Crippen LogP contribution in [0.25, 0.3) is 0 Å². The number of hydrogen-bond donors (Lipinski definition) is 1. The number of ether oxygens (including phenoxy) is 1. The first-order chi connectivity index (χ1) is 14.0. The smallest absolute Gasteiger partial charge is 0.251 e. The van der Waals surface area contributed by atoms with E-state index in [4.69, 9.17) is 4.74 Å². The Balaban J connectivity index is 1.46. The van der Waals surface area contributed by atoms with Crippen LogP contribution in [0.3, 0.4) is 0 Å². The van der Waals surface area contributed by atoms with E-state index in [-0.39, 0.29) is 18.2 Å². The zero-order valence-electron chi connectivity index (χ0n) is 16.5. The molecule has 1 fully saturated rings. The Hall–Kier alpha value is -2.65. The Morgan fingerprint density at radius 3 is 2.45 bits per heavy atom. The van der Waals surface area contributed by atoms with Crippen molar-refractivity contribution in [2.24, 2.45) is 0 Å². The molecule has 0 atom stereocenters. The van der Waals surface area contributed by atoms with Gasteiger partial charge in [0, 0.05) is 44.5 Å². The third-order valence-electron chi connectivity index (χ3n) is 4.68. The summed E-state index contributed by atoms with van der Waals surface area (Å²) in [5.41, 5.74) is 0.467. The van der Waals surface area contributed by atoms with Gasteiger partial charge >= 0.3 is 0 Å². The molecule has 1 saturated heterocycles. The van der Waals surface area contributed by atoms with Crippen molar-refractivity contribution in [3.05, 3.63) is 54.2 Å². The molecule has 8 nitrogen and oxygen atoms in total. The van der Waals surface area contributed by atoms with Crippen molar-refractivity contribution < 1.29 is 17.9 Å². The molecule has 1 N–H and O–H groups in total. The zero-order chi connectivity index (χ0) is 20.7. The molecule has 9 heteroatoms. The summed E-state index contributed by atoms with van der Waals surface area (Å²) >= 11 is 0. The fraction of sp³-hybridized carbons (Fsp3) is 0.400. The van der Waals surface area contributed by atoms with Crippen LogP contribution >= 0.6 is 0 Å². The van der Waals surface area contributed by atoms with Crippen molar-refractivity contribution in [3.63, 3.8) is 0 Å². The SMILES string of the molecule is CCOc1ccc(C(=O)NCCS(=O)(=O)N2CCN(c3ccccn3)CC2)cc1. The van der Waals surface area contributed by atoms with Gasteiger partial charge < -0.3 is 15.0 Å². The standard InChI is InChI=1S/C20H26N4O4S/c1-2-28-18-8-6-17(7-9-18)20(25)22-11-16-29(26,27)24-14-12-23(13-15-24)19-5-3-4-10-21-19/h3-10H,2,11-16H2,1H3,(H,22,25). The number of carbonyl (C=O) groups is 1. The number of sulfonamides is 1. The van der Waals surface area contributed by atoms with Gasteiger partial charge in [0.1, 0.15) is 11.6 Å². The number of hydrogen-bond acceptors (Lipinski definition) is 6. The fourth-order valence-corrected chi connectivity index (χ4v) is 4.47. The third kappa shape index (κ3) is 5.68. The van der Waals surface area contributed by atoms with E-state index in [1.54, 1.807) is 30.5 Å². The van der Waals surface area contributed by atoms with E-state index in [0.717, 1.165) is 5.82 Å². The summed E-state index contributed by atoms with van der Waals surface area (Å²) in [6.45, 7) is 4.51. The summed E-state index contributed by atoms with van der Waals surface area (Å²) in [4.78, 5) is 18.6. The number of benzene rings is 1. The highest BCUT2D eigenvalue weighted by Gasteiger charge is 2.27. The van der Waals surface area contributed by atoms with Crippen molar-refractivity contribution >= 4 is 21.7 Å². The minimum absolute atomic E-state index is 0.0643. The lowest BCUT2D eigenvalue weighted by molar-refractivity contribution is 0.0956. The molecule has 1 aliphatic heterocycles. The normalized spacial score (nSPS) is 15.1. The van der Waals surface area contributed by atoms with Crippen molar-refractivity contribution in [1.29, 1.82) is 0 Å². The quantitative estimate of drug-likeness (QED) is 0.696. The number of anilines is 1. The molecule has 3 rings (SSSR count). The maximum atomic E-state index is 12.6. The Labute approximate surface area is 171 Å². The molecular weight excluding hydrogens is 392 g/mol. The van der Waals surface area contributed by atoms with E-state index in [0.29, 0.717) is 44.1 Å². The maximum absolute atomic E-state index is 12.6. The minimum atomic E-state index is -3.43. The van der Waals surface area contributed by atoms with Crippen LogP contribution in [0.5, 0.6) is 5.75 Å². The molecule has 1 aromatic carbocycles. The molecule has 0 radical (unpaired) electrons. The van der Waals surface area contributed by atoms with Crippen LogP contribution in [0.4, 0.5) is 5.82 Å². The molecule has 0 aliphatic carbocycles. The van der Waals surface area contributed by atoms with Crippen molar-refractivity contribution in [2.45, 2.75) is 6.92 Å². The number of carbonyl (C=O) groups excluding carboxylic acids is 1. The molecule has 29 heavy (non-hydrogen) atoms. The molecule has 2 aromatic rings. The number of pyridine rings is 1. The topological polar surface area (TPSA) is 91.8 Å². The fourth-order valence-electron chi connectivity index (χ4n) is 3.13. The second-order valence-electron chi connectivity index (χ2n) is 6.60. The monoisotopic (exact) mass is 418 g/mol. The van der Waals surface area contributed by atoms with Gasteiger partial charge in [-0.15, -0.1) is 0 Å². The third-order valence-corrected chi connectivity index (χ3v) is 6.55. The number of nitrogens with one attached hydrogen (secondary N) is 1. The number of rotatable bonds is 8. The lowest BCUT2D eigenvalue weighted by Gasteiger charge is -2.34. The summed E-state index contributed by atoms with van der Waals surface area (Å²) in [6.07, 6.45) is 1.73. The van der Waals surface area contributed by atoms with Gasteiger partial charge in [-0.1, -0.05) is 6.07 Å². The first-order valence-corrected chi connectivity index (χ1v) is 11.3. The molecule has 156 valence electrons. The van der Waals surface area contributed by atoms with Gasteiger partial charge in [-0.25, -0.2) is 13.4 Å². The first-order valence-electron chi connectivity index (χ1n) is 9.64. The Bertz CT molecular complexity index is 896. The van der Waals surface area contributed by atoms with E-state index >= 15 is 0 Å². The molecule has 2 heterocycles. The summed E-state index contributed by atoms with van der Waals surface area (Å²) in [5, 5.41) is 2.67. The number of amides is 1. The molecular formula is C20H26N4O4S. The Morgan fingerprint density at radius 1 is 1.10 bits per heavy atom. The van der Waals surface area contributed by atoms with Crippen LogP contribution in [0, 0.1) is 0 Å². The van der Waals surface area contributed by atoms with Gasteiger partial charge in [-0.3, -0.25) is 4.79 Å². The summed E-state index contributed by atoms with van der Waals surface area (Å²) in [7, 11) is -3.43. The average molecular weight is 419 g/mol. The van der Waals surface area contributed by atoms with E-state index in [9.17, 15) is 13.2 Å². The largest absolute Gasteiger partial charge is 0.494 e. The second kappa shape index (κ2) is 9.71. The molecule has 0 spiro atoms. The number of piperazine rings is 1. The predicted octanol–water partition coefficient (Wildman–Crippen LogP) is 1.36. The van der Waals surface area contributed by atoms with Gasteiger partial charge in [0.25, 0.3) is 5.91 Å². The van der Waals surface area contributed by atoms with Crippen molar-refractivity contribution in [3.8, 4) is 5.75 Å². The van der Waals surface area contributed by atoms with Crippen molar-refractivity contribution in [2.75, 3.05) is 50.0 Å². The van der Waals surface area contributed by atoms with Gasteiger partial charge in [0.05, 0.1) is 12.4 Å². The summed E-state index contributed by atoms with van der Waals surface area (Å²) in [6, 6.07) is 12.4. The molecule has 0 unspecified atom stereocenters. The minimum Gasteiger partial charge on any atom is -0.494 e. The Kier molecular flexibility index (Phi) is 7.05. The van der Waals surface area contributed by atoms with Crippen LogP contribution < -0.4 is 15.0 Å². The number of aromatic nitrogens is 1. The number of nitrogens with zero attached hydrogens (tertiary/aromatic N) is 3. The second-order valence-corrected chi connectivity index (χ2v) is 8.69. The highest BCUT2D eigenvalue weighted by molar-refractivity contribution is 7.89. The Morgan fingerprint density at radius 2 is 1.83 bits per heavy atom. The summed E-state index contributed by atoms with van der Waals surface area (Å²) in [5.74, 6) is 1.12. The molecule has 0 bridgehead atoms. The lowest BCUT2D eigenvalue weighted by Crippen LogP contribution is -2.50. The predicted molar refractivity (Wildman–Crippen MR) is 112 cm³/mol. The van der Waals surface area contributed by atoms with Gasteiger partial charge in [-0.2, -0.15) is 4.31 Å². The molecule has 1 aliphatic rings. The van der Waals surface area contributed by atoms with Gasteiger partial charge in [-0.05, 0) is 43.3 Å². The van der Waals surface area contributed by atoms with Crippen molar-refractivity contribution in [1.82, 2.24) is 14.6 Å². The summed E-state index contributed by atoms with van der Waals surface area (Å²) < 4.78 is 32.0. The van der Waals surface area contributed by atoms with E-state index in [1.165, 1.54) is 4.31 Å². The zero-order valence-corrected chi connectivity index (χ0v) is 17.3. The van der Waals surface area contributed by atoms with E-state index < -0.39 is 10.0 Å². The van der Waals surface area contributed by atoms with Gasteiger partial charge in [0.2, 0.25) is 10.0 Å². The van der Waals surface area contributed by atoms with Crippen LogP contribution in [0.1, 0.15) is 17.3 Å². The molecule has 1 aromatic heterocycles. The van der Waals surface area contributed by atoms with Crippen LogP contribution in [0.2, 0.25) is 0 Å². The van der Waals surface area contributed by atoms with Crippen LogP contribution in [-0.2, 0) is 10.0 Å². The van der Waals surface area contributed by atoms with E-state index in [1.807, 2.05) is 25.1 Å². The highest BCUT2D eigenvalue weighted by atomic mass is 32.2. The lowest BCUT2D eigenvalue weighted by atomic mass is 10.2. The maximum Gasteiger partial charge on any atom is 0.251 e. The first kappa shape index (κ1) is 21.1. The highest BCUT2D eigenvalue weighted by Crippen LogP contribution is 2.15.